The van der Waals surface area contributed by atoms with Crippen LogP contribution in [0.4, 0.5) is 0 Å². The molecule has 1 heterocycles. The van der Waals surface area contributed by atoms with Crippen LogP contribution in [0.2, 0.25) is 0 Å². The van der Waals surface area contributed by atoms with E-state index in [4.69, 9.17) is 4.74 Å². The summed E-state index contributed by atoms with van der Waals surface area (Å²) in [6.45, 7) is 4.23. The molecule has 0 saturated heterocycles. The number of nitrogens with zero attached hydrogens (tertiary/aromatic N) is 2. The van der Waals surface area contributed by atoms with E-state index in [2.05, 4.69) is 32.5 Å². The second kappa shape index (κ2) is 6.73. The van der Waals surface area contributed by atoms with Gasteiger partial charge in [0, 0.05) is 22.8 Å². The number of rotatable bonds is 6. The minimum absolute atomic E-state index is 0.608. The molecule has 0 aliphatic carbocycles. The summed E-state index contributed by atoms with van der Waals surface area (Å²) >= 11 is 3.42. The summed E-state index contributed by atoms with van der Waals surface area (Å²) in [5.74, 6) is 0.869. The smallest absolute Gasteiger partial charge is 0.120 e. The summed E-state index contributed by atoms with van der Waals surface area (Å²) < 4.78 is 8.65. The van der Waals surface area contributed by atoms with Crippen molar-refractivity contribution in [1.82, 2.24) is 15.1 Å². The maximum atomic E-state index is 5.69. The molecule has 19 heavy (non-hydrogen) atoms. The zero-order chi connectivity index (χ0) is 13.7. The molecule has 2 aromatic rings. The van der Waals surface area contributed by atoms with Crippen molar-refractivity contribution in [2.24, 2.45) is 0 Å². The molecule has 1 aromatic carbocycles. The molecule has 0 aliphatic rings. The van der Waals surface area contributed by atoms with Crippen LogP contribution in [0, 0.1) is 6.92 Å². The van der Waals surface area contributed by atoms with Gasteiger partial charge >= 0.3 is 0 Å². The van der Waals surface area contributed by atoms with Gasteiger partial charge in [-0.25, -0.2) is 0 Å². The van der Waals surface area contributed by atoms with Gasteiger partial charge in [0.2, 0.25) is 0 Å². The van der Waals surface area contributed by atoms with Gasteiger partial charge < -0.3 is 10.1 Å². The fourth-order valence-corrected chi connectivity index (χ4v) is 2.23. The molecule has 1 N–H and O–H groups in total. The molecule has 0 aliphatic heterocycles. The van der Waals surface area contributed by atoms with Gasteiger partial charge in [0.1, 0.15) is 12.4 Å². The number of aryl methyl sites for hydroxylation is 1. The molecule has 0 radical (unpaired) electrons. The van der Waals surface area contributed by atoms with Crippen LogP contribution in [-0.2, 0) is 13.1 Å². The van der Waals surface area contributed by atoms with E-state index in [-0.39, 0.29) is 0 Å². The Morgan fingerprint density at radius 1 is 1.42 bits per heavy atom. The first-order valence-corrected chi connectivity index (χ1v) is 7.04. The Bertz CT molecular complexity index is 539. The third-order valence-corrected chi connectivity index (χ3v) is 3.29. The highest BCUT2D eigenvalue weighted by Crippen LogP contribution is 2.17. The van der Waals surface area contributed by atoms with Crippen molar-refractivity contribution >= 4 is 15.9 Å². The standard InChI is InChI=1S/C14H18BrN3O/c1-11-12(9-16-2)10-18(17-11)6-7-19-14-5-3-4-13(15)8-14/h3-5,8,10,16H,6-7,9H2,1-2H3. The average molecular weight is 324 g/mol. The second-order valence-electron chi connectivity index (χ2n) is 4.34. The first kappa shape index (κ1) is 14.1. The Kier molecular flexibility index (Phi) is 4.99. The molecule has 0 bridgehead atoms. The number of ether oxygens (including phenoxy) is 1. The maximum absolute atomic E-state index is 5.69. The molecule has 102 valence electrons. The molecule has 0 spiro atoms. The molecule has 5 heteroatoms. The molecule has 0 amide bonds. The first-order valence-electron chi connectivity index (χ1n) is 6.25. The lowest BCUT2D eigenvalue weighted by Gasteiger charge is -2.06. The zero-order valence-electron chi connectivity index (χ0n) is 11.2. The van der Waals surface area contributed by atoms with Gasteiger partial charge in [-0.15, -0.1) is 0 Å². The summed E-state index contributed by atoms with van der Waals surface area (Å²) in [5.41, 5.74) is 2.29. The van der Waals surface area contributed by atoms with Crippen molar-refractivity contribution in [1.29, 1.82) is 0 Å². The zero-order valence-corrected chi connectivity index (χ0v) is 12.8. The van der Waals surface area contributed by atoms with Crippen molar-refractivity contribution in [3.05, 3.63) is 46.2 Å². The Hall–Kier alpha value is -1.33. The van der Waals surface area contributed by atoms with Gasteiger partial charge in [-0.05, 0) is 32.2 Å². The average Bonchev–Trinajstić information content (AvgIpc) is 2.71. The van der Waals surface area contributed by atoms with Gasteiger partial charge in [-0.3, -0.25) is 4.68 Å². The monoisotopic (exact) mass is 323 g/mol. The van der Waals surface area contributed by atoms with Crippen molar-refractivity contribution in [3.63, 3.8) is 0 Å². The Morgan fingerprint density at radius 3 is 3.00 bits per heavy atom. The minimum Gasteiger partial charge on any atom is -0.492 e. The van der Waals surface area contributed by atoms with Gasteiger partial charge in [-0.2, -0.15) is 5.10 Å². The van der Waals surface area contributed by atoms with Crippen LogP contribution in [0.25, 0.3) is 0 Å². The van der Waals surface area contributed by atoms with Gasteiger partial charge in [0.25, 0.3) is 0 Å². The van der Waals surface area contributed by atoms with Crippen LogP contribution in [0.3, 0.4) is 0 Å². The van der Waals surface area contributed by atoms with E-state index in [1.165, 1.54) is 5.56 Å². The number of halogens is 1. The van der Waals surface area contributed by atoms with Crippen LogP contribution in [0.1, 0.15) is 11.3 Å². The quantitative estimate of drug-likeness (QED) is 0.888. The second-order valence-corrected chi connectivity index (χ2v) is 5.25. The topological polar surface area (TPSA) is 39.1 Å². The van der Waals surface area contributed by atoms with Crippen LogP contribution >= 0.6 is 15.9 Å². The van der Waals surface area contributed by atoms with Crippen LogP contribution in [0.15, 0.2) is 34.9 Å². The predicted molar refractivity (Wildman–Crippen MR) is 79.4 cm³/mol. The van der Waals surface area contributed by atoms with E-state index < -0.39 is 0 Å². The van der Waals surface area contributed by atoms with Gasteiger partial charge in [0.15, 0.2) is 0 Å². The molecular weight excluding hydrogens is 306 g/mol. The Morgan fingerprint density at radius 2 is 2.26 bits per heavy atom. The van der Waals surface area contributed by atoms with Gasteiger partial charge in [-0.1, -0.05) is 22.0 Å². The molecule has 2 rings (SSSR count). The summed E-state index contributed by atoms with van der Waals surface area (Å²) in [7, 11) is 1.94. The number of aromatic nitrogens is 2. The molecule has 1 aromatic heterocycles. The third-order valence-electron chi connectivity index (χ3n) is 2.80. The fraction of sp³-hybridized carbons (Fsp3) is 0.357. The highest BCUT2D eigenvalue weighted by molar-refractivity contribution is 9.10. The fourth-order valence-electron chi connectivity index (χ4n) is 1.85. The highest BCUT2D eigenvalue weighted by atomic mass is 79.9. The summed E-state index contributed by atoms with van der Waals surface area (Å²) in [4.78, 5) is 0. The Labute approximate surface area is 121 Å². The normalized spacial score (nSPS) is 10.7. The number of nitrogens with one attached hydrogen (secondary N) is 1. The number of benzene rings is 1. The van der Waals surface area contributed by atoms with Crippen molar-refractivity contribution in [2.45, 2.75) is 20.0 Å². The predicted octanol–water partition coefficient (Wildman–Crippen LogP) is 2.75. The van der Waals surface area contributed by atoms with E-state index >= 15 is 0 Å². The maximum Gasteiger partial charge on any atom is 0.120 e. The summed E-state index contributed by atoms with van der Waals surface area (Å²) in [5, 5.41) is 7.60. The number of hydrogen-bond acceptors (Lipinski definition) is 3. The van der Waals surface area contributed by atoms with E-state index in [9.17, 15) is 0 Å². The molecule has 0 unspecified atom stereocenters. The summed E-state index contributed by atoms with van der Waals surface area (Å²) in [6, 6.07) is 7.85. The largest absolute Gasteiger partial charge is 0.492 e. The first-order chi connectivity index (χ1) is 9.19. The molecule has 0 fully saturated rings. The summed E-state index contributed by atoms with van der Waals surface area (Å²) in [6.07, 6.45) is 2.07. The SMILES string of the molecule is CNCc1cn(CCOc2cccc(Br)c2)nc1C. The van der Waals surface area contributed by atoms with Crippen molar-refractivity contribution < 1.29 is 4.74 Å². The van der Waals surface area contributed by atoms with Crippen LogP contribution in [0.5, 0.6) is 5.75 Å². The van der Waals surface area contributed by atoms with Crippen molar-refractivity contribution in [3.8, 4) is 5.75 Å². The van der Waals surface area contributed by atoms with Crippen molar-refractivity contribution in [2.75, 3.05) is 13.7 Å². The van der Waals surface area contributed by atoms with E-state index in [1.807, 2.05) is 42.9 Å². The molecule has 4 nitrogen and oxygen atoms in total. The lowest BCUT2D eigenvalue weighted by molar-refractivity contribution is 0.291. The Balaban J connectivity index is 1.87. The molecule has 0 saturated carbocycles. The molecular formula is C14H18BrN3O. The molecule has 0 atom stereocenters. The third kappa shape index (κ3) is 4.08. The van der Waals surface area contributed by atoms with E-state index in [0.29, 0.717) is 6.61 Å². The number of hydrogen-bond donors (Lipinski definition) is 1. The highest BCUT2D eigenvalue weighted by Gasteiger charge is 2.03. The lowest BCUT2D eigenvalue weighted by atomic mass is 10.3. The minimum atomic E-state index is 0.608. The van der Waals surface area contributed by atoms with Crippen LogP contribution < -0.4 is 10.1 Å². The van der Waals surface area contributed by atoms with E-state index in [1.54, 1.807) is 0 Å². The van der Waals surface area contributed by atoms with Gasteiger partial charge in [0.05, 0.1) is 12.2 Å². The van der Waals surface area contributed by atoms with Crippen LogP contribution in [-0.4, -0.2) is 23.4 Å². The van der Waals surface area contributed by atoms with E-state index in [0.717, 1.165) is 29.0 Å². The lowest BCUT2D eigenvalue weighted by Crippen LogP contribution is -2.09.